The van der Waals surface area contributed by atoms with Gasteiger partial charge >= 0.3 is 0 Å². The van der Waals surface area contributed by atoms with Crippen molar-refractivity contribution in [3.8, 4) is 5.75 Å². The predicted octanol–water partition coefficient (Wildman–Crippen LogP) is 3.49. The van der Waals surface area contributed by atoms with Crippen LogP contribution in [0.1, 0.15) is 45.1 Å². The second-order valence-electron chi connectivity index (χ2n) is 5.98. The summed E-state index contributed by atoms with van der Waals surface area (Å²) in [5.41, 5.74) is 8.05. The molecule has 1 unspecified atom stereocenters. The first-order valence-corrected chi connectivity index (χ1v) is 6.98. The van der Waals surface area contributed by atoms with E-state index in [0.29, 0.717) is 5.92 Å². The van der Waals surface area contributed by atoms with Crippen molar-refractivity contribution in [3.05, 3.63) is 29.8 Å². The van der Waals surface area contributed by atoms with Crippen LogP contribution in [0.15, 0.2) is 24.3 Å². The molecule has 1 aromatic carbocycles. The first-order chi connectivity index (χ1) is 8.58. The lowest BCUT2D eigenvalue weighted by Gasteiger charge is -2.47. The normalized spacial score (nSPS) is 19.4. The van der Waals surface area contributed by atoms with Gasteiger partial charge in [-0.1, -0.05) is 32.4 Å². The van der Waals surface area contributed by atoms with E-state index >= 15 is 0 Å². The van der Waals surface area contributed by atoms with Crippen LogP contribution < -0.4 is 10.5 Å². The first-order valence-electron chi connectivity index (χ1n) is 6.98. The third-order valence-corrected chi connectivity index (χ3v) is 4.33. The van der Waals surface area contributed by atoms with Crippen LogP contribution >= 0.6 is 0 Å². The minimum Gasteiger partial charge on any atom is -0.497 e. The van der Waals surface area contributed by atoms with Crippen molar-refractivity contribution >= 4 is 0 Å². The summed E-state index contributed by atoms with van der Waals surface area (Å²) >= 11 is 0. The summed E-state index contributed by atoms with van der Waals surface area (Å²) in [5.74, 6) is 1.60. The SMILES string of the molecule is COc1cccc(C2(C(N)CC(C)C)CCC2)c1. The van der Waals surface area contributed by atoms with E-state index in [1.165, 1.54) is 24.8 Å². The molecule has 2 N–H and O–H groups in total. The molecule has 1 atom stereocenters. The molecule has 18 heavy (non-hydrogen) atoms. The molecule has 0 radical (unpaired) electrons. The Morgan fingerprint density at radius 1 is 1.33 bits per heavy atom. The molecular weight excluding hydrogens is 222 g/mol. The van der Waals surface area contributed by atoms with E-state index in [-0.39, 0.29) is 11.5 Å². The van der Waals surface area contributed by atoms with Crippen LogP contribution in [-0.2, 0) is 5.41 Å². The van der Waals surface area contributed by atoms with Gasteiger partial charge in [-0.15, -0.1) is 0 Å². The number of nitrogens with two attached hydrogens (primary N) is 1. The maximum atomic E-state index is 6.50. The molecule has 0 spiro atoms. The van der Waals surface area contributed by atoms with Crippen molar-refractivity contribution in [2.75, 3.05) is 7.11 Å². The summed E-state index contributed by atoms with van der Waals surface area (Å²) in [4.78, 5) is 0. The minimum absolute atomic E-state index is 0.193. The highest BCUT2D eigenvalue weighted by molar-refractivity contribution is 5.37. The molecule has 0 saturated heterocycles. The number of methoxy groups -OCH3 is 1. The fraction of sp³-hybridized carbons (Fsp3) is 0.625. The Morgan fingerprint density at radius 3 is 2.56 bits per heavy atom. The van der Waals surface area contributed by atoms with Crippen LogP contribution in [0.3, 0.4) is 0 Å². The Hall–Kier alpha value is -1.02. The van der Waals surface area contributed by atoms with E-state index in [2.05, 4.69) is 32.0 Å². The highest BCUT2D eigenvalue weighted by Gasteiger charge is 2.43. The van der Waals surface area contributed by atoms with Crippen molar-refractivity contribution in [3.63, 3.8) is 0 Å². The van der Waals surface area contributed by atoms with E-state index < -0.39 is 0 Å². The van der Waals surface area contributed by atoms with E-state index in [1.807, 2.05) is 6.07 Å². The Morgan fingerprint density at radius 2 is 2.06 bits per heavy atom. The molecule has 0 aliphatic heterocycles. The smallest absolute Gasteiger partial charge is 0.119 e. The Bertz CT molecular complexity index is 396. The third kappa shape index (κ3) is 2.39. The van der Waals surface area contributed by atoms with Crippen LogP contribution in [0, 0.1) is 5.92 Å². The molecular formula is C16H25NO. The molecule has 1 aromatic rings. The molecule has 100 valence electrons. The van der Waals surface area contributed by atoms with Crippen molar-refractivity contribution in [1.29, 1.82) is 0 Å². The van der Waals surface area contributed by atoms with Crippen LogP contribution in [-0.4, -0.2) is 13.2 Å². The van der Waals surface area contributed by atoms with Crippen molar-refractivity contribution in [2.24, 2.45) is 11.7 Å². The largest absolute Gasteiger partial charge is 0.497 e. The third-order valence-electron chi connectivity index (χ3n) is 4.33. The van der Waals surface area contributed by atoms with Gasteiger partial charge in [-0.05, 0) is 42.9 Å². The van der Waals surface area contributed by atoms with E-state index in [0.717, 1.165) is 12.2 Å². The standard InChI is InChI=1S/C16H25NO/c1-12(2)10-15(17)16(8-5-9-16)13-6-4-7-14(11-13)18-3/h4,6-7,11-12,15H,5,8-10,17H2,1-3H3. The molecule has 1 aliphatic rings. The van der Waals surface area contributed by atoms with Gasteiger partial charge in [-0.25, -0.2) is 0 Å². The van der Waals surface area contributed by atoms with Gasteiger partial charge < -0.3 is 10.5 Å². The zero-order valence-corrected chi connectivity index (χ0v) is 11.8. The second-order valence-corrected chi connectivity index (χ2v) is 5.98. The molecule has 0 amide bonds. The van der Waals surface area contributed by atoms with Crippen molar-refractivity contribution in [2.45, 2.75) is 51.0 Å². The summed E-state index contributed by atoms with van der Waals surface area (Å²) in [7, 11) is 1.72. The topological polar surface area (TPSA) is 35.2 Å². The number of hydrogen-bond acceptors (Lipinski definition) is 2. The summed E-state index contributed by atoms with van der Waals surface area (Å²) in [5, 5.41) is 0. The van der Waals surface area contributed by atoms with Crippen molar-refractivity contribution < 1.29 is 4.74 Å². The van der Waals surface area contributed by atoms with Crippen LogP contribution in [0.5, 0.6) is 5.75 Å². The monoisotopic (exact) mass is 247 g/mol. The number of benzene rings is 1. The average molecular weight is 247 g/mol. The lowest BCUT2D eigenvalue weighted by molar-refractivity contribution is 0.178. The maximum absolute atomic E-state index is 6.50. The molecule has 0 bridgehead atoms. The summed E-state index contributed by atoms with van der Waals surface area (Å²) < 4.78 is 5.34. The van der Waals surface area contributed by atoms with Gasteiger partial charge in [0.25, 0.3) is 0 Å². The average Bonchev–Trinajstić information content (AvgIpc) is 2.27. The van der Waals surface area contributed by atoms with E-state index in [1.54, 1.807) is 7.11 Å². The summed E-state index contributed by atoms with van der Waals surface area (Å²) in [6.07, 6.45) is 4.82. The number of hydrogen-bond donors (Lipinski definition) is 1. The Kier molecular flexibility index (Phi) is 3.96. The predicted molar refractivity (Wildman–Crippen MR) is 76.0 cm³/mol. The molecule has 1 aliphatic carbocycles. The van der Waals surface area contributed by atoms with Crippen molar-refractivity contribution in [1.82, 2.24) is 0 Å². The molecule has 0 aromatic heterocycles. The Labute approximate surface area is 111 Å². The molecule has 2 heteroatoms. The van der Waals surface area contributed by atoms with E-state index in [4.69, 9.17) is 10.5 Å². The van der Waals surface area contributed by atoms with Gasteiger partial charge in [0.2, 0.25) is 0 Å². The quantitative estimate of drug-likeness (QED) is 0.864. The van der Waals surface area contributed by atoms with Gasteiger partial charge in [0.05, 0.1) is 7.11 Å². The lowest BCUT2D eigenvalue weighted by Crippen LogP contribution is -2.50. The molecule has 2 nitrogen and oxygen atoms in total. The number of ether oxygens (including phenoxy) is 1. The lowest BCUT2D eigenvalue weighted by atomic mass is 9.59. The van der Waals surface area contributed by atoms with Crippen LogP contribution in [0.4, 0.5) is 0 Å². The van der Waals surface area contributed by atoms with Gasteiger partial charge in [0.15, 0.2) is 0 Å². The molecule has 1 saturated carbocycles. The molecule has 0 heterocycles. The highest BCUT2D eigenvalue weighted by atomic mass is 16.5. The zero-order chi connectivity index (χ0) is 13.2. The molecule has 2 rings (SSSR count). The maximum Gasteiger partial charge on any atom is 0.119 e. The Balaban J connectivity index is 2.25. The molecule has 1 fully saturated rings. The van der Waals surface area contributed by atoms with Crippen LogP contribution in [0.25, 0.3) is 0 Å². The van der Waals surface area contributed by atoms with Gasteiger partial charge in [0, 0.05) is 11.5 Å². The zero-order valence-electron chi connectivity index (χ0n) is 11.8. The summed E-state index contributed by atoms with van der Waals surface area (Å²) in [6, 6.07) is 8.72. The second kappa shape index (κ2) is 5.31. The summed E-state index contributed by atoms with van der Waals surface area (Å²) in [6.45, 7) is 4.50. The van der Waals surface area contributed by atoms with Gasteiger partial charge in [-0.3, -0.25) is 0 Å². The fourth-order valence-corrected chi connectivity index (χ4v) is 3.10. The van der Waals surface area contributed by atoms with Crippen LogP contribution in [0.2, 0.25) is 0 Å². The first kappa shape index (κ1) is 13.4. The van der Waals surface area contributed by atoms with Gasteiger partial charge in [0.1, 0.15) is 5.75 Å². The highest BCUT2D eigenvalue weighted by Crippen LogP contribution is 2.47. The number of rotatable bonds is 5. The van der Waals surface area contributed by atoms with Gasteiger partial charge in [-0.2, -0.15) is 0 Å². The minimum atomic E-state index is 0.193. The fourth-order valence-electron chi connectivity index (χ4n) is 3.10. The van der Waals surface area contributed by atoms with E-state index in [9.17, 15) is 0 Å².